The van der Waals surface area contributed by atoms with Crippen LogP contribution in [0.4, 0.5) is 0 Å². The van der Waals surface area contributed by atoms with Crippen molar-refractivity contribution in [3.8, 4) is 0 Å². The van der Waals surface area contributed by atoms with Gasteiger partial charge in [0.2, 0.25) is 5.91 Å². The summed E-state index contributed by atoms with van der Waals surface area (Å²) in [5.74, 6) is -1.74. The van der Waals surface area contributed by atoms with E-state index in [1.165, 1.54) is 25.4 Å². The predicted octanol–water partition coefficient (Wildman–Crippen LogP) is 0.864. The summed E-state index contributed by atoms with van der Waals surface area (Å²) in [5, 5.41) is 17.8. The quantitative estimate of drug-likeness (QED) is 0.583. The van der Waals surface area contributed by atoms with E-state index in [-0.39, 0.29) is 18.9 Å². The standard InChI is InChI=1S/C14H20N2O5S/c1-14(9-21-2,13(19)20)16-11(17)4-3-6-15-12(18)10-5-7-22-8-10/h5,7-8H,3-4,6,9H2,1-2H3,(H,15,18)(H,16,17)(H,19,20). The molecule has 1 atom stereocenters. The summed E-state index contributed by atoms with van der Waals surface area (Å²) in [6.45, 7) is 1.61. The molecule has 0 spiro atoms. The van der Waals surface area contributed by atoms with Gasteiger partial charge in [-0.15, -0.1) is 0 Å². The first kappa shape index (κ1) is 18.1. The molecular weight excluding hydrogens is 308 g/mol. The van der Waals surface area contributed by atoms with E-state index in [2.05, 4.69) is 10.6 Å². The Morgan fingerprint density at radius 3 is 2.68 bits per heavy atom. The van der Waals surface area contributed by atoms with Crippen molar-refractivity contribution in [3.63, 3.8) is 0 Å². The molecule has 1 unspecified atom stereocenters. The largest absolute Gasteiger partial charge is 0.479 e. The zero-order valence-electron chi connectivity index (χ0n) is 12.5. The van der Waals surface area contributed by atoms with Gasteiger partial charge in [-0.3, -0.25) is 9.59 Å². The maximum Gasteiger partial charge on any atom is 0.331 e. The van der Waals surface area contributed by atoms with Gasteiger partial charge in [0, 0.05) is 31.0 Å². The van der Waals surface area contributed by atoms with Gasteiger partial charge < -0.3 is 20.5 Å². The molecule has 7 nitrogen and oxygen atoms in total. The molecule has 3 N–H and O–H groups in total. The number of ether oxygens (including phenoxy) is 1. The predicted molar refractivity (Wildman–Crippen MR) is 81.9 cm³/mol. The third-order valence-corrected chi connectivity index (χ3v) is 3.65. The number of carbonyl (C=O) groups excluding carboxylic acids is 2. The zero-order chi connectivity index (χ0) is 16.6. The van der Waals surface area contributed by atoms with Gasteiger partial charge in [-0.25, -0.2) is 4.79 Å². The summed E-state index contributed by atoms with van der Waals surface area (Å²) in [4.78, 5) is 34.6. The maximum absolute atomic E-state index is 11.8. The van der Waals surface area contributed by atoms with Gasteiger partial charge in [0.1, 0.15) is 0 Å². The number of hydrogen-bond donors (Lipinski definition) is 3. The highest BCUT2D eigenvalue weighted by Crippen LogP contribution is 2.07. The van der Waals surface area contributed by atoms with E-state index in [1.54, 1.807) is 11.4 Å². The number of amides is 2. The molecule has 0 saturated heterocycles. The summed E-state index contributed by atoms with van der Waals surface area (Å²) >= 11 is 1.43. The van der Waals surface area contributed by atoms with Gasteiger partial charge in [-0.05, 0) is 24.8 Å². The first-order chi connectivity index (χ1) is 10.4. The number of carboxylic acid groups (broad SMARTS) is 1. The minimum Gasteiger partial charge on any atom is -0.479 e. The topological polar surface area (TPSA) is 105 Å². The highest BCUT2D eigenvalue weighted by atomic mass is 32.1. The van der Waals surface area contributed by atoms with Crippen molar-refractivity contribution in [3.05, 3.63) is 22.4 Å². The van der Waals surface area contributed by atoms with Crippen LogP contribution in [0.2, 0.25) is 0 Å². The van der Waals surface area contributed by atoms with Crippen molar-refractivity contribution in [1.82, 2.24) is 10.6 Å². The van der Waals surface area contributed by atoms with E-state index < -0.39 is 17.4 Å². The molecule has 122 valence electrons. The Bertz CT molecular complexity index is 517. The number of thiophene rings is 1. The summed E-state index contributed by atoms with van der Waals surface area (Å²) < 4.78 is 4.82. The number of methoxy groups -OCH3 is 1. The first-order valence-electron chi connectivity index (χ1n) is 6.73. The lowest BCUT2D eigenvalue weighted by Crippen LogP contribution is -2.55. The summed E-state index contributed by atoms with van der Waals surface area (Å²) in [5.41, 5.74) is -0.862. The van der Waals surface area contributed by atoms with Crippen molar-refractivity contribution in [1.29, 1.82) is 0 Å². The molecule has 0 aliphatic rings. The maximum atomic E-state index is 11.8. The molecule has 2 amide bonds. The van der Waals surface area contributed by atoms with Crippen molar-refractivity contribution in [2.45, 2.75) is 25.3 Å². The van der Waals surface area contributed by atoms with E-state index in [0.29, 0.717) is 18.5 Å². The fraction of sp³-hybridized carbons (Fsp3) is 0.500. The molecule has 1 rings (SSSR count). The normalized spacial score (nSPS) is 13.2. The lowest BCUT2D eigenvalue weighted by molar-refractivity contribution is -0.149. The van der Waals surface area contributed by atoms with Gasteiger partial charge >= 0.3 is 5.97 Å². The van der Waals surface area contributed by atoms with Crippen LogP contribution in [0.15, 0.2) is 16.8 Å². The van der Waals surface area contributed by atoms with Gasteiger partial charge in [0.15, 0.2) is 5.54 Å². The second kappa shape index (κ2) is 8.50. The molecule has 1 heterocycles. The number of rotatable bonds is 9. The lowest BCUT2D eigenvalue weighted by Gasteiger charge is -2.25. The average molecular weight is 328 g/mol. The number of carboxylic acids is 1. The fourth-order valence-electron chi connectivity index (χ4n) is 1.76. The molecule has 0 fully saturated rings. The molecule has 22 heavy (non-hydrogen) atoms. The van der Waals surface area contributed by atoms with Crippen LogP contribution in [0.5, 0.6) is 0 Å². The molecule has 0 radical (unpaired) electrons. The van der Waals surface area contributed by atoms with Crippen molar-refractivity contribution in [2.24, 2.45) is 0 Å². The molecule has 1 aromatic heterocycles. The number of aliphatic carboxylic acids is 1. The SMILES string of the molecule is COCC(C)(NC(=O)CCCNC(=O)c1ccsc1)C(=O)O. The van der Waals surface area contributed by atoms with Crippen LogP contribution < -0.4 is 10.6 Å². The third kappa shape index (κ3) is 5.45. The van der Waals surface area contributed by atoms with Crippen molar-refractivity contribution < 1.29 is 24.2 Å². The molecule has 0 saturated carbocycles. The Morgan fingerprint density at radius 2 is 2.14 bits per heavy atom. The highest BCUT2D eigenvalue weighted by molar-refractivity contribution is 7.08. The van der Waals surface area contributed by atoms with E-state index in [1.807, 2.05) is 5.38 Å². The molecule has 0 aromatic carbocycles. The summed E-state index contributed by atoms with van der Waals surface area (Å²) in [7, 11) is 1.37. The monoisotopic (exact) mass is 328 g/mol. The van der Waals surface area contributed by atoms with Crippen LogP contribution in [0, 0.1) is 0 Å². The van der Waals surface area contributed by atoms with Crippen LogP contribution in [-0.4, -0.2) is 48.7 Å². The second-order valence-electron chi connectivity index (χ2n) is 4.99. The van der Waals surface area contributed by atoms with Gasteiger partial charge in [-0.1, -0.05) is 0 Å². The Kier molecular flexibility index (Phi) is 7.00. The van der Waals surface area contributed by atoms with E-state index in [0.717, 1.165) is 0 Å². The number of nitrogens with one attached hydrogen (secondary N) is 2. The number of hydrogen-bond acceptors (Lipinski definition) is 5. The smallest absolute Gasteiger partial charge is 0.331 e. The van der Waals surface area contributed by atoms with Crippen molar-refractivity contribution in [2.75, 3.05) is 20.3 Å². The minimum absolute atomic E-state index is 0.122. The zero-order valence-corrected chi connectivity index (χ0v) is 13.4. The van der Waals surface area contributed by atoms with E-state index in [4.69, 9.17) is 9.84 Å². The molecule has 0 bridgehead atoms. The number of carbonyl (C=O) groups is 3. The molecule has 0 aliphatic heterocycles. The fourth-order valence-corrected chi connectivity index (χ4v) is 2.39. The highest BCUT2D eigenvalue weighted by Gasteiger charge is 2.34. The van der Waals surface area contributed by atoms with Crippen LogP contribution in [0.3, 0.4) is 0 Å². The van der Waals surface area contributed by atoms with E-state index >= 15 is 0 Å². The molecule has 8 heteroatoms. The average Bonchev–Trinajstić information content (AvgIpc) is 2.97. The van der Waals surface area contributed by atoms with Gasteiger partial charge in [-0.2, -0.15) is 11.3 Å². The first-order valence-corrected chi connectivity index (χ1v) is 7.67. The van der Waals surface area contributed by atoms with Gasteiger partial charge in [0.05, 0.1) is 6.61 Å². The second-order valence-corrected chi connectivity index (χ2v) is 5.77. The van der Waals surface area contributed by atoms with Crippen LogP contribution >= 0.6 is 11.3 Å². The van der Waals surface area contributed by atoms with Crippen LogP contribution in [-0.2, 0) is 14.3 Å². The summed E-state index contributed by atoms with van der Waals surface area (Å²) in [6.07, 6.45) is 0.543. The van der Waals surface area contributed by atoms with Gasteiger partial charge in [0.25, 0.3) is 5.91 Å². The Hall–Kier alpha value is -1.93. The Balaban J connectivity index is 2.31. The minimum atomic E-state index is -1.45. The Morgan fingerprint density at radius 1 is 1.41 bits per heavy atom. The molecular formula is C14H20N2O5S. The lowest BCUT2D eigenvalue weighted by atomic mass is 10.0. The summed E-state index contributed by atoms with van der Waals surface area (Å²) in [6, 6.07) is 1.72. The molecule has 1 aromatic rings. The molecule has 0 aliphatic carbocycles. The van der Waals surface area contributed by atoms with E-state index in [9.17, 15) is 14.4 Å². The van der Waals surface area contributed by atoms with Crippen molar-refractivity contribution >= 4 is 29.1 Å². The Labute approximate surface area is 132 Å². The van der Waals surface area contributed by atoms with Crippen LogP contribution in [0.1, 0.15) is 30.1 Å². The third-order valence-electron chi connectivity index (χ3n) is 2.97. The van der Waals surface area contributed by atoms with Crippen LogP contribution in [0.25, 0.3) is 0 Å².